The van der Waals surface area contributed by atoms with E-state index in [0.29, 0.717) is 6.04 Å². The normalized spacial score (nSPS) is 13.2. The summed E-state index contributed by atoms with van der Waals surface area (Å²) < 4.78 is 0.268. The molecule has 1 N–H and O–H groups in total. The van der Waals surface area contributed by atoms with E-state index in [1.165, 1.54) is 38.5 Å². The first-order chi connectivity index (χ1) is 7.64. The first kappa shape index (κ1) is 19.5. The van der Waals surface area contributed by atoms with Crippen LogP contribution in [0, 0.1) is 0 Å². The van der Waals surface area contributed by atoms with Gasteiger partial charge < -0.3 is 12.4 Å². The van der Waals surface area contributed by atoms with Gasteiger partial charge in [0.15, 0.2) is 0 Å². The summed E-state index contributed by atoms with van der Waals surface area (Å²) in [6, 6.07) is 0.441. The van der Waals surface area contributed by atoms with Crippen molar-refractivity contribution in [1.29, 1.82) is 0 Å². The van der Waals surface area contributed by atoms with E-state index < -0.39 is 0 Å². The SMILES string of the molecule is CCCCCCCC(CC)[N+](O)(CC)CC.[Cl-]. The molecule has 106 valence electrons. The second-order valence-electron chi connectivity index (χ2n) is 4.88. The smallest absolute Gasteiger partial charge is 0.119 e. The van der Waals surface area contributed by atoms with Crippen molar-refractivity contribution in [2.75, 3.05) is 13.1 Å². The maximum Gasteiger partial charge on any atom is 0.119 e. The van der Waals surface area contributed by atoms with Crippen LogP contribution in [0.1, 0.15) is 72.6 Å². The zero-order valence-electron chi connectivity index (χ0n) is 12.2. The Kier molecular flexibility index (Phi) is 13.0. The van der Waals surface area contributed by atoms with Crippen LogP contribution in [0.25, 0.3) is 0 Å². The lowest BCUT2D eigenvalue weighted by Crippen LogP contribution is -3.00. The lowest BCUT2D eigenvalue weighted by Gasteiger charge is -2.35. The summed E-state index contributed by atoms with van der Waals surface area (Å²) in [7, 11) is 0. The molecule has 0 amide bonds. The van der Waals surface area contributed by atoms with E-state index in [2.05, 4.69) is 27.7 Å². The van der Waals surface area contributed by atoms with Crippen molar-refractivity contribution in [3.05, 3.63) is 0 Å². The number of halogens is 1. The van der Waals surface area contributed by atoms with Crippen LogP contribution in [-0.4, -0.2) is 29.0 Å². The Morgan fingerprint density at radius 3 is 1.82 bits per heavy atom. The minimum absolute atomic E-state index is 0. The first-order valence-electron chi connectivity index (χ1n) is 7.24. The average molecular weight is 266 g/mol. The van der Waals surface area contributed by atoms with E-state index >= 15 is 0 Å². The fourth-order valence-electron chi connectivity index (χ4n) is 2.51. The molecule has 0 aromatic heterocycles. The van der Waals surface area contributed by atoms with Crippen molar-refractivity contribution >= 4 is 0 Å². The zero-order valence-corrected chi connectivity index (χ0v) is 13.0. The van der Waals surface area contributed by atoms with Gasteiger partial charge in [-0.25, -0.2) is 5.21 Å². The second-order valence-corrected chi connectivity index (χ2v) is 4.88. The van der Waals surface area contributed by atoms with Crippen molar-refractivity contribution in [2.24, 2.45) is 0 Å². The number of rotatable bonds is 10. The Labute approximate surface area is 114 Å². The van der Waals surface area contributed by atoms with E-state index in [0.717, 1.165) is 19.5 Å². The molecule has 0 aromatic rings. The third-order valence-electron chi connectivity index (χ3n) is 3.89. The van der Waals surface area contributed by atoms with Crippen LogP contribution in [0.4, 0.5) is 0 Å². The molecule has 0 saturated heterocycles. The van der Waals surface area contributed by atoms with Crippen LogP contribution < -0.4 is 12.4 Å². The molecule has 0 fully saturated rings. The standard InChI is InChI=1S/C14H32NO.ClH/c1-5-9-10-11-12-13-14(6-2)15(16,7-3)8-4;/h14,16H,5-13H2,1-4H3;1H/q+1;/p-1. The number of hydrogen-bond acceptors (Lipinski definition) is 1. The van der Waals surface area contributed by atoms with Crippen LogP contribution in [0.2, 0.25) is 0 Å². The zero-order chi connectivity index (χ0) is 12.4. The summed E-state index contributed by atoms with van der Waals surface area (Å²) in [4.78, 5) is 0. The minimum Gasteiger partial charge on any atom is -1.00 e. The number of unbranched alkanes of at least 4 members (excludes halogenated alkanes) is 4. The third-order valence-corrected chi connectivity index (χ3v) is 3.89. The number of hydrogen-bond donors (Lipinski definition) is 1. The molecule has 0 heterocycles. The molecule has 2 nitrogen and oxygen atoms in total. The first-order valence-corrected chi connectivity index (χ1v) is 7.24. The highest BCUT2D eigenvalue weighted by molar-refractivity contribution is 4.56. The van der Waals surface area contributed by atoms with Gasteiger partial charge in [0.2, 0.25) is 0 Å². The summed E-state index contributed by atoms with van der Waals surface area (Å²) >= 11 is 0. The molecule has 0 aromatic carbocycles. The highest BCUT2D eigenvalue weighted by Gasteiger charge is 2.30. The Balaban J connectivity index is 0. The lowest BCUT2D eigenvalue weighted by molar-refractivity contribution is -1.12. The molecule has 0 spiro atoms. The van der Waals surface area contributed by atoms with E-state index in [4.69, 9.17) is 0 Å². The monoisotopic (exact) mass is 265 g/mol. The molecule has 0 rings (SSSR count). The quantitative estimate of drug-likeness (QED) is 0.359. The van der Waals surface area contributed by atoms with Crippen molar-refractivity contribution < 1.29 is 22.3 Å². The van der Waals surface area contributed by atoms with Gasteiger partial charge >= 0.3 is 0 Å². The number of quaternary nitrogens is 1. The molecule has 3 heteroatoms. The predicted octanol–water partition coefficient (Wildman–Crippen LogP) is 1.38. The van der Waals surface area contributed by atoms with Gasteiger partial charge in [-0.15, -0.1) is 0 Å². The molecular formula is C14H32ClNO. The van der Waals surface area contributed by atoms with Crippen molar-refractivity contribution in [3.63, 3.8) is 0 Å². The minimum atomic E-state index is 0. The highest BCUT2D eigenvalue weighted by atomic mass is 35.5. The Morgan fingerprint density at radius 2 is 1.41 bits per heavy atom. The Morgan fingerprint density at radius 1 is 0.882 bits per heavy atom. The van der Waals surface area contributed by atoms with Gasteiger partial charge in [0.25, 0.3) is 0 Å². The maximum absolute atomic E-state index is 10.4. The van der Waals surface area contributed by atoms with Crippen molar-refractivity contribution in [1.82, 2.24) is 0 Å². The predicted molar refractivity (Wildman–Crippen MR) is 70.6 cm³/mol. The maximum atomic E-state index is 10.4. The molecule has 0 saturated carbocycles. The van der Waals surface area contributed by atoms with E-state index in [9.17, 15) is 5.21 Å². The summed E-state index contributed by atoms with van der Waals surface area (Å²) in [6.07, 6.45) is 8.90. The van der Waals surface area contributed by atoms with E-state index in [1.807, 2.05) is 0 Å². The van der Waals surface area contributed by atoms with Gasteiger partial charge in [0.1, 0.15) is 19.1 Å². The average Bonchev–Trinajstić information content (AvgIpc) is 2.33. The summed E-state index contributed by atoms with van der Waals surface area (Å²) in [5.74, 6) is 0. The van der Waals surface area contributed by atoms with Gasteiger partial charge in [0.05, 0.1) is 0 Å². The lowest BCUT2D eigenvalue weighted by atomic mass is 10.0. The third kappa shape index (κ3) is 7.28. The van der Waals surface area contributed by atoms with Crippen molar-refractivity contribution in [2.45, 2.75) is 78.7 Å². The highest BCUT2D eigenvalue weighted by Crippen LogP contribution is 2.19. The molecule has 1 atom stereocenters. The summed E-state index contributed by atoms with van der Waals surface area (Å²) in [5, 5.41) is 10.4. The molecule has 0 radical (unpaired) electrons. The molecular weight excluding hydrogens is 234 g/mol. The fourth-order valence-corrected chi connectivity index (χ4v) is 2.51. The van der Waals surface area contributed by atoms with Gasteiger partial charge in [-0.2, -0.15) is 4.65 Å². The molecule has 0 aliphatic heterocycles. The number of nitrogens with zero attached hydrogens (tertiary/aromatic N) is 1. The van der Waals surface area contributed by atoms with Crippen LogP contribution in [0.15, 0.2) is 0 Å². The van der Waals surface area contributed by atoms with Gasteiger partial charge in [-0.3, -0.25) is 0 Å². The Hall–Kier alpha value is 0.210. The number of hydroxylamine groups is 3. The molecule has 1 unspecified atom stereocenters. The van der Waals surface area contributed by atoms with Crippen LogP contribution in [0.5, 0.6) is 0 Å². The molecule has 0 aliphatic rings. The van der Waals surface area contributed by atoms with Gasteiger partial charge in [-0.1, -0.05) is 39.5 Å². The van der Waals surface area contributed by atoms with Crippen LogP contribution in [-0.2, 0) is 0 Å². The fraction of sp³-hybridized carbons (Fsp3) is 1.00. The van der Waals surface area contributed by atoms with Crippen LogP contribution in [0.3, 0.4) is 0 Å². The van der Waals surface area contributed by atoms with Crippen LogP contribution >= 0.6 is 0 Å². The van der Waals surface area contributed by atoms with Gasteiger partial charge in [0, 0.05) is 6.42 Å². The summed E-state index contributed by atoms with van der Waals surface area (Å²) in [5.41, 5.74) is 0. The van der Waals surface area contributed by atoms with E-state index in [-0.39, 0.29) is 17.1 Å². The topological polar surface area (TPSA) is 20.2 Å². The largest absolute Gasteiger partial charge is 1.00 e. The van der Waals surface area contributed by atoms with Gasteiger partial charge in [-0.05, 0) is 26.7 Å². The summed E-state index contributed by atoms with van der Waals surface area (Å²) in [6.45, 7) is 10.3. The van der Waals surface area contributed by atoms with Crippen molar-refractivity contribution in [3.8, 4) is 0 Å². The van der Waals surface area contributed by atoms with E-state index in [1.54, 1.807) is 0 Å². The molecule has 0 aliphatic carbocycles. The molecule has 0 bridgehead atoms. The second kappa shape index (κ2) is 11.3. The molecule has 17 heavy (non-hydrogen) atoms. The Bertz CT molecular complexity index is 160.